The van der Waals surface area contributed by atoms with Crippen molar-refractivity contribution in [3.05, 3.63) is 41.2 Å². The number of H-pyrrole nitrogens is 2. The lowest BCUT2D eigenvalue weighted by Crippen LogP contribution is -2.09. The molecular weight excluding hydrogens is 380 g/mol. The van der Waals surface area contributed by atoms with E-state index in [4.69, 9.17) is 26.8 Å². The molecule has 3 rings (SSSR count). The molecule has 10 heteroatoms. The first-order chi connectivity index (χ1) is 12.3. The summed E-state index contributed by atoms with van der Waals surface area (Å²) < 4.78 is 36.8. The van der Waals surface area contributed by atoms with Crippen molar-refractivity contribution in [2.45, 2.75) is 9.79 Å². The van der Waals surface area contributed by atoms with Crippen LogP contribution >= 0.6 is 12.2 Å². The van der Waals surface area contributed by atoms with Crippen LogP contribution in [0.5, 0.6) is 11.5 Å². The van der Waals surface area contributed by atoms with Crippen molar-refractivity contribution in [1.82, 2.24) is 9.97 Å². The van der Waals surface area contributed by atoms with E-state index in [0.29, 0.717) is 15.8 Å². The number of methoxy groups -OCH3 is 1. The van der Waals surface area contributed by atoms with Crippen LogP contribution < -0.4 is 9.47 Å². The Kier molecular flexibility index (Phi) is 4.70. The molecule has 1 heterocycles. The summed E-state index contributed by atoms with van der Waals surface area (Å²) in [5.74, 6) is -0.702. The number of aliphatic carboxylic acids is 1. The van der Waals surface area contributed by atoms with E-state index in [1.165, 1.54) is 31.4 Å². The highest BCUT2D eigenvalue weighted by molar-refractivity contribution is 7.91. The van der Waals surface area contributed by atoms with E-state index in [-0.39, 0.29) is 21.3 Å². The van der Waals surface area contributed by atoms with Crippen LogP contribution in [0.2, 0.25) is 0 Å². The Morgan fingerprint density at radius 3 is 2.46 bits per heavy atom. The average molecular weight is 394 g/mol. The molecule has 0 saturated heterocycles. The largest absolute Gasteiger partial charge is 0.495 e. The number of hydrogen-bond acceptors (Lipinski definition) is 6. The van der Waals surface area contributed by atoms with Gasteiger partial charge in [0.1, 0.15) is 16.4 Å². The van der Waals surface area contributed by atoms with Crippen molar-refractivity contribution < 1.29 is 27.8 Å². The highest BCUT2D eigenvalue weighted by Gasteiger charge is 2.26. The number of fused-ring (bicyclic) bond motifs is 1. The first-order valence-electron chi connectivity index (χ1n) is 7.31. The Hall–Kier alpha value is -2.85. The van der Waals surface area contributed by atoms with E-state index >= 15 is 0 Å². The van der Waals surface area contributed by atoms with Crippen LogP contribution in [0.4, 0.5) is 0 Å². The molecule has 0 aliphatic carbocycles. The summed E-state index contributed by atoms with van der Waals surface area (Å²) in [5.41, 5.74) is 0.858. The molecule has 0 spiro atoms. The molecule has 0 atom stereocenters. The minimum Gasteiger partial charge on any atom is -0.495 e. The van der Waals surface area contributed by atoms with Gasteiger partial charge in [-0.1, -0.05) is 0 Å². The summed E-state index contributed by atoms with van der Waals surface area (Å²) in [4.78, 5) is 16.2. The van der Waals surface area contributed by atoms with Crippen LogP contribution in [0.25, 0.3) is 11.0 Å². The molecule has 1 aromatic heterocycles. The smallest absolute Gasteiger partial charge is 0.341 e. The molecule has 3 aromatic rings. The molecule has 3 N–H and O–H groups in total. The number of carbonyl (C=O) groups is 1. The Morgan fingerprint density at radius 2 is 1.85 bits per heavy atom. The minimum absolute atomic E-state index is 0.00601. The van der Waals surface area contributed by atoms with Gasteiger partial charge >= 0.3 is 5.97 Å². The van der Waals surface area contributed by atoms with Gasteiger partial charge in [0, 0.05) is 0 Å². The number of imidazole rings is 1. The number of hydrogen-bond donors (Lipinski definition) is 3. The number of carboxylic acid groups (broad SMARTS) is 1. The standard InChI is InChI=1S/C16H14N2O6S2/c1-23-12-7-6-11-14(18-16(25)17-11)15(12)26(21,22)10-4-2-9(3-5-10)24-8-13(19)20/h2-7H,8H2,1H3,(H,19,20)(H2,17,18,25). The van der Waals surface area contributed by atoms with Crippen LogP contribution in [0, 0.1) is 4.77 Å². The zero-order valence-corrected chi connectivity index (χ0v) is 15.1. The fourth-order valence-corrected chi connectivity index (χ4v) is 4.25. The number of rotatable bonds is 6. The Labute approximate surface area is 153 Å². The van der Waals surface area contributed by atoms with Crippen molar-refractivity contribution in [2.75, 3.05) is 13.7 Å². The third kappa shape index (κ3) is 3.28. The first kappa shape index (κ1) is 18.0. The maximum absolute atomic E-state index is 13.1. The number of aromatic nitrogens is 2. The average Bonchev–Trinajstić information content (AvgIpc) is 2.99. The molecule has 0 aliphatic heterocycles. The lowest BCUT2D eigenvalue weighted by atomic mass is 10.3. The number of benzene rings is 2. The lowest BCUT2D eigenvalue weighted by molar-refractivity contribution is -0.139. The number of nitrogens with one attached hydrogen (secondary N) is 2. The summed E-state index contributed by atoms with van der Waals surface area (Å²) in [6.45, 7) is -0.515. The molecule has 0 aliphatic rings. The van der Waals surface area contributed by atoms with Gasteiger partial charge in [0.15, 0.2) is 11.4 Å². The number of sulfone groups is 1. The van der Waals surface area contributed by atoms with Gasteiger partial charge in [-0.15, -0.1) is 0 Å². The Balaban J connectivity index is 2.09. The maximum Gasteiger partial charge on any atom is 0.341 e. The Morgan fingerprint density at radius 1 is 1.15 bits per heavy atom. The highest BCUT2D eigenvalue weighted by Crippen LogP contribution is 2.35. The van der Waals surface area contributed by atoms with Gasteiger partial charge in [-0.25, -0.2) is 13.2 Å². The second kappa shape index (κ2) is 6.81. The summed E-state index contributed by atoms with van der Waals surface area (Å²) >= 11 is 5.05. The molecule has 8 nitrogen and oxygen atoms in total. The van der Waals surface area contributed by atoms with Crippen LogP contribution in [0.1, 0.15) is 0 Å². The molecule has 0 saturated carbocycles. The fraction of sp³-hybridized carbons (Fsp3) is 0.125. The summed E-state index contributed by atoms with van der Waals surface area (Å²) in [7, 11) is -2.56. The topological polar surface area (TPSA) is 121 Å². The monoisotopic (exact) mass is 394 g/mol. The Bertz CT molecular complexity index is 1130. The second-order valence-electron chi connectivity index (χ2n) is 5.26. The normalized spacial score (nSPS) is 11.4. The van der Waals surface area contributed by atoms with Crippen LogP contribution in [0.15, 0.2) is 46.2 Å². The van der Waals surface area contributed by atoms with Crippen molar-refractivity contribution in [3.63, 3.8) is 0 Å². The van der Waals surface area contributed by atoms with Crippen molar-refractivity contribution in [1.29, 1.82) is 0 Å². The van der Waals surface area contributed by atoms with Crippen LogP contribution in [-0.2, 0) is 14.6 Å². The van der Waals surface area contributed by atoms with Gasteiger partial charge in [-0.3, -0.25) is 0 Å². The molecule has 0 fully saturated rings. The van der Waals surface area contributed by atoms with E-state index in [1.807, 2.05) is 0 Å². The van der Waals surface area contributed by atoms with Crippen molar-refractivity contribution in [2.24, 2.45) is 0 Å². The third-order valence-electron chi connectivity index (χ3n) is 3.59. The maximum atomic E-state index is 13.1. The van der Waals surface area contributed by atoms with Gasteiger partial charge in [0.25, 0.3) is 0 Å². The molecule has 0 bridgehead atoms. The van der Waals surface area contributed by atoms with Gasteiger partial charge in [-0.2, -0.15) is 0 Å². The SMILES string of the molecule is COc1ccc2[nH]c(=S)[nH]c2c1S(=O)(=O)c1ccc(OCC(=O)O)cc1. The fourth-order valence-electron chi connectivity index (χ4n) is 2.46. The summed E-state index contributed by atoms with van der Waals surface area (Å²) in [6, 6.07) is 8.67. The molecule has 2 aromatic carbocycles. The van der Waals surface area contributed by atoms with Gasteiger partial charge in [0.05, 0.1) is 23.0 Å². The van der Waals surface area contributed by atoms with Crippen LogP contribution in [0.3, 0.4) is 0 Å². The number of ether oxygens (including phenoxy) is 2. The summed E-state index contributed by atoms with van der Waals surface area (Å²) in [5, 5.41) is 8.62. The third-order valence-corrected chi connectivity index (χ3v) is 5.63. The molecule has 26 heavy (non-hydrogen) atoms. The predicted molar refractivity (Wildman–Crippen MR) is 95.1 cm³/mol. The zero-order valence-electron chi connectivity index (χ0n) is 13.5. The number of aromatic amines is 2. The molecular formula is C16H14N2O6S2. The zero-order chi connectivity index (χ0) is 18.9. The van der Waals surface area contributed by atoms with E-state index in [9.17, 15) is 13.2 Å². The predicted octanol–water partition coefficient (Wildman–Crippen LogP) is 2.53. The second-order valence-corrected chi connectivity index (χ2v) is 7.55. The van der Waals surface area contributed by atoms with Gasteiger partial charge in [-0.05, 0) is 48.6 Å². The highest BCUT2D eigenvalue weighted by atomic mass is 32.2. The summed E-state index contributed by atoms with van der Waals surface area (Å²) in [6.07, 6.45) is 0. The van der Waals surface area contributed by atoms with E-state index < -0.39 is 22.4 Å². The minimum atomic E-state index is -3.94. The van der Waals surface area contributed by atoms with Gasteiger partial charge < -0.3 is 24.5 Å². The van der Waals surface area contributed by atoms with E-state index in [2.05, 4.69) is 9.97 Å². The van der Waals surface area contributed by atoms with E-state index in [1.54, 1.807) is 12.1 Å². The van der Waals surface area contributed by atoms with E-state index in [0.717, 1.165) is 0 Å². The molecule has 0 unspecified atom stereocenters. The molecule has 0 radical (unpaired) electrons. The van der Waals surface area contributed by atoms with Crippen molar-refractivity contribution >= 4 is 39.1 Å². The molecule has 0 amide bonds. The van der Waals surface area contributed by atoms with Crippen molar-refractivity contribution in [3.8, 4) is 11.5 Å². The van der Waals surface area contributed by atoms with Crippen LogP contribution in [-0.4, -0.2) is 43.2 Å². The van der Waals surface area contributed by atoms with Gasteiger partial charge in [0.2, 0.25) is 9.84 Å². The lowest BCUT2D eigenvalue weighted by Gasteiger charge is -2.11. The quantitative estimate of drug-likeness (QED) is 0.549. The molecule has 136 valence electrons. The number of carboxylic acids is 1. The first-order valence-corrected chi connectivity index (χ1v) is 9.21.